The number of imidazole rings is 1. The van der Waals surface area contributed by atoms with Gasteiger partial charge in [-0.05, 0) is 64.2 Å². The molecule has 8 aromatic carbocycles. The van der Waals surface area contributed by atoms with E-state index in [0.29, 0.717) is 5.82 Å². The third kappa shape index (κ3) is 5.78. The summed E-state index contributed by atoms with van der Waals surface area (Å²) in [7, 11) is 0. The van der Waals surface area contributed by atoms with E-state index in [2.05, 4.69) is 215 Å². The largest absolute Gasteiger partial charge is 0.293 e. The molecule has 11 aromatic rings. The van der Waals surface area contributed by atoms with Crippen molar-refractivity contribution in [2.24, 2.45) is 0 Å². The third-order valence-electron chi connectivity index (χ3n) is 11.2. The topological polar surface area (TPSA) is 35.1 Å². The van der Waals surface area contributed by atoms with E-state index < -0.39 is 0 Å². The van der Waals surface area contributed by atoms with Crippen LogP contribution in [0.2, 0.25) is 0 Å². The molecule has 0 saturated heterocycles. The predicted molar refractivity (Wildman–Crippen MR) is 240 cm³/mol. The summed E-state index contributed by atoms with van der Waals surface area (Å²) in [5.74, 6) is 0.689. The summed E-state index contributed by atoms with van der Waals surface area (Å²) in [5.41, 5.74) is 17.6. The second kappa shape index (κ2) is 14.0. The Balaban J connectivity index is 1.05. The molecule has 4 heteroatoms. The Hall–Kier alpha value is -7.82. The van der Waals surface area contributed by atoms with Gasteiger partial charge >= 0.3 is 0 Å². The normalized spacial score (nSPS) is 11.4. The lowest BCUT2D eigenvalue weighted by Gasteiger charge is -2.12. The summed E-state index contributed by atoms with van der Waals surface area (Å²) < 4.78 is 4.82. The van der Waals surface area contributed by atoms with Crippen LogP contribution in [-0.2, 0) is 0 Å². The Morgan fingerprint density at radius 3 is 1.29 bits per heavy atom. The Labute approximate surface area is 336 Å². The van der Waals surface area contributed by atoms with Crippen molar-refractivity contribution in [3.63, 3.8) is 0 Å². The molecule has 0 aliphatic heterocycles. The summed E-state index contributed by atoms with van der Waals surface area (Å²) in [5, 5.41) is 1.23. The van der Waals surface area contributed by atoms with Gasteiger partial charge in [-0.25, -0.2) is 9.97 Å². The van der Waals surface area contributed by atoms with E-state index in [1.165, 1.54) is 44.2 Å². The van der Waals surface area contributed by atoms with Crippen LogP contribution in [-0.4, -0.2) is 18.9 Å². The molecule has 0 fully saturated rings. The molecular weight excluding hydrogens is 705 g/mol. The molecule has 0 radical (unpaired) electrons. The molecule has 0 aliphatic carbocycles. The molecule has 3 aromatic heterocycles. The highest BCUT2D eigenvalue weighted by atomic mass is 15.1. The van der Waals surface area contributed by atoms with Gasteiger partial charge in [0.2, 0.25) is 0 Å². The maximum Gasteiger partial charge on any atom is 0.160 e. The minimum Gasteiger partial charge on any atom is -0.293 e. The Morgan fingerprint density at radius 2 is 0.724 bits per heavy atom. The number of para-hydroxylation sites is 3. The summed E-state index contributed by atoms with van der Waals surface area (Å²) in [4.78, 5) is 10.4. The first-order valence-electron chi connectivity index (χ1n) is 19.7. The molecule has 0 amide bonds. The minimum atomic E-state index is 0.689. The van der Waals surface area contributed by atoms with Gasteiger partial charge in [-0.15, -0.1) is 0 Å². The van der Waals surface area contributed by atoms with Crippen molar-refractivity contribution in [1.29, 1.82) is 0 Å². The molecule has 0 spiro atoms. The van der Waals surface area contributed by atoms with E-state index in [4.69, 9.17) is 9.97 Å². The van der Waals surface area contributed by atoms with Crippen molar-refractivity contribution in [3.05, 3.63) is 218 Å². The smallest absolute Gasteiger partial charge is 0.160 e. The van der Waals surface area contributed by atoms with Gasteiger partial charge in [-0.1, -0.05) is 182 Å². The van der Waals surface area contributed by atoms with Gasteiger partial charge in [-0.2, -0.15) is 0 Å². The highest BCUT2D eigenvalue weighted by Gasteiger charge is 2.22. The quantitative estimate of drug-likeness (QED) is 0.163. The average Bonchev–Trinajstić information content (AvgIpc) is 3.83. The van der Waals surface area contributed by atoms with Crippen molar-refractivity contribution in [1.82, 2.24) is 18.9 Å². The van der Waals surface area contributed by atoms with Crippen molar-refractivity contribution < 1.29 is 0 Å². The Bertz CT molecular complexity index is 3120. The number of fused-ring (bicyclic) bond motifs is 5. The van der Waals surface area contributed by atoms with Crippen LogP contribution in [0.25, 0.3) is 101 Å². The molecule has 4 nitrogen and oxygen atoms in total. The van der Waals surface area contributed by atoms with Crippen molar-refractivity contribution in [2.45, 2.75) is 0 Å². The first-order chi connectivity index (χ1) is 28.8. The number of nitrogens with zero attached hydrogens (tertiary/aromatic N) is 4. The molecule has 58 heavy (non-hydrogen) atoms. The second-order valence-corrected chi connectivity index (χ2v) is 14.6. The number of benzene rings is 8. The average molecular weight is 741 g/mol. The fraction of sp³-hybridized carbons (Fsp3) is 0. The van der Waals surface area contributed by atoms with Crippen LogP contribution in [0.3, 0.4) is 0 Å². The number of aromatic nitrogens is 4. The monoisotopic (exact) mass is 740 g/mol. The summed E-state index contributed by atoms with van der Waals surface area (Å²) in [6, 6.07) is 77.3. The number of hydrogen-bond acceptors (Lipinski definition) is 2. The first kappa shape index (κ1) is 33.5. The Kier molecular flexibility index (Phi) is 8.11. The van der Waals surface area contributed by atoms with Gasteiger partial charge < -0.3 is 0 Å². The molecule has 272 valence electrons. The summed E-state index contributed by atoms with van der Waals surface area (Å²) in [6.45, 7) is 0. The zero-order valence-electron chi connectivity index (χ0n) is 31.6. The zero-order chi connectivity index (χ0) is 38.4. The fourth-order valence-corrected chi connectivity index (χ4v) is 8.35. The molecule has 0 aliphatic rings. The van der Waals surface area contributed by atoms with Crippen LogP contribution in [0.5, 0.6) is 0 Å². The van der Waals surface area contributed by atoms with Gasteiger partial charge in [0, 0.05) is 33.3 Å². The SMILES string of the molecule is c1ccc(-c2ccc(-c3cc(-c4ccc(-n5c6ccccc6n6c7ccccc7c(-c7ccccc7)c56)cc4)nc(-c4ccc(-c5ccccc5)cc4)n3)cc2)cc1. The highest BCUT2D eigenvalue weighted by Crippen LogP contribution is 2.41. The van der Waals surface area contributed by atoms with E-state index in [1.807, 2.05) is 12.1 Å². The van der Waals surface area contributed by atoms with Crippen molar-refractivity contribution in [3.8, 4) is 73.0 Å². The lowest BCUT2D eigenvalue weighted by atomic mass is 10.0. The van der Waals surface area contributed by atoms with E-state index in [0.717, 1.165) is 50.5 Å². The number of rotatable bonds is 7. The lowest BCUT2D eigenvalue weighted by molar-refractivity contribution is 1.15. The summed E-state index contributed by atoms with van der Waals surface area (Å²) >= 11 is 0. The van der Waals surface area contributed by atoms with Gasteiger partial charge in [0.15, 0.2) is 5.82 Å². The van der Waals surface area contributed by atoms with Crippen molar-refractivity contribution >= 4 is 27.6 Å². The van der Waals surface area contributed by atoms with Crippen LogP contribution in [0, 0.1) is 0 Å². The highest BCUT2D eigenvalue weighted by molar-refractivity contribution is 6.09. The molecule has 0 saturated carbocycles. The molecule has 0 N–H and O–H groups in total. The molecule has 0 atom stereocenters. The van der Waals surface area contributed by atoms with Crippen LogP contribution < -0.4 is 0 Å². The fourth-order valence-electron chi connectivity index (χ4n) is 8.35. The molecular formula is C54H36N4. The van der Waals surface area contributed by atoms with E-state index in [9.17, 15) is 0 Å². The predicted octanol–water partition coefficient (Wildman–Crippen LogP) is 13.8. The van der Waals surface area contributed by atoms with Gasteiger partial charge in [0.25, 0.3) is 0 Å². The molecule has 11 rings (SSSR count). The first-order valence-corrected chi connectivity index (χ1v) is 19.7. The van der Waals surface area contributed by atoms with Crippen LogP contribution >= 0.6 is 0 Å². The van der Waals surface area contributed by atoms with E-state index in [-0.39, 0.29) is 0 Å². The third-order valence-corrected chi connectivity index (χ3v) is 11.2. The van der Waals surface area contributed by atoms with Crippen LogP contribution in [0.15, 0.2) is 218 Å². The van der Waals surface area contributed by atoms with Crippen LogP contribution in [0.4, 0.5) is 0 Å². The molecule has 0 bridgehead atoms. The Morgan fingerprint density at radius 1 is 0.310 bits per heavy atom. The molecule has 3 heterocycles. The maximum absolute atomic E-state index is 5.22. The van der Waals surface area contributed by atoms with Gasteiger partial charge in [-0.3, -0.25) is 8.97 Å². The van der Waals surface area contributed by atoms with E-state index >= 15 is 0 Å². The standard InChI is InChI=1S/C54H36N4/c1-4-14-37(15-5-1)39-24-28-41(29-25-39)47-36-48(56-53(55-47)44-30-26-40(27-31-44)38-16-6-2-7-17-38)42-32-34-45(35-33-42)57-50-22-12-13-23-51(50)58-49-21-11-10-20-46(49)52(54(57)58)43-18-8-3-9-19-43/h1-36H. The summed E-state index contributed by atoms with van der Waals surface area (Å²) in [6.07, 6.45) is 0. The minimum absolute atomic E-state index is 0.689. The van der Waals surface area contributed by atoms with E-state index in [1.54, 1.807) is 0 Å². The zero-order valence-corrected chi connectivity index (χ0v) is 31.6. The maximum atomic E-state index is 5.22. The van der Waals surface area contributed by atoms with Crippen molar-refractivity contribution in [2.75, 3.05) is 0 Å². The number of hydrogen-bond donors (Lipinski definition) is 0. The second-order valence-electron chi connectivity index (χ2n) is 14.6. The molecule has 0 unspecified atom stereocenters. The van der Waals surface area contributed by atoms with Gasteiger partial charge in [0.1, 0.15) is 5.65 Å². The lowest BCUT2D eigenvalue weighted by Crippen LogP contribution is -1.98. The van der Waals surface area contributed by atoms with Crippen LogP contribution in [0.1, 0.15) is 0 Å². The van der Waals surface area contributed by atoms with Gasteiger partial charge in [0.05, 0.1) is 27.9 Å².